The number of hydrogen-bond donors (Lipinski definition) is 1. The van der Waals surface area contributed by atoms with Crippen molar-refractivity contribution in [2.75, 3.05) is 0 Å². The van der Waals surface area contributed by atoms with E-state index in [2.05, 4.69) is 0 Å². The van der Waals surface area contributed by atoms with E-state index < -0.39 is 28.0 Å². The number of halogens is 3. The summed E-state index contributed by atoms with van der Waals surface area (Å²) in [6.45, 7) is 2.87. The van der Waals surface area contributed by atoms with E-state index in [4.69, 9.17) is 10.4 Å². The summed E-state index contributed by atoms with van der Waals surface area (Å²) in [6, 6.07) is 4.49. The molecule has 3 nitrogen and oxygen atoms in total. The van der Waals surface area contributed by atoms with Gasteiger partial charge in [-0.2, -0.15) is 18.4 Å². The van der Waals surface area contributed by atoms with Gasteiger partial charge < -0.3 is 5.11 Å². The summed E-state index contributed by atoms with van der Waals surface area (Å²) in [5.41, 5.74) is -1.54. The van der Waals surface area contributed by atoms with Gasteiger partial charge in [-0.25, -0.2) is 0 Å². The molecule has 0 spiro atoms. The molecule has 1 N–H and O–H groups in total. The van der Waals surface area contributed by atoms with Crippen LogP contribution in [0.2, 0.25) is 0 Å². The number of carbonyl (C=O) groups is 1. The third-order valence-corrected chi connectivity index (χ3v) is 3.48. The molecule has 0 saturated heterocycles. The van der Waals surface area contributed by atoms with Crippen LogP contribution in [-0.4, -0.2) is 15.8 Å². The Hall–Kier alpha value is -1.68. The minimum Gasteiger partial charge on any atom is -0.480 e. The average molecular weight is 289 g/mol. The zero-order valence-corrected chi connectivity index (χ0v) is 10.9. The molecule has 0 saturated carbocycles. The molecule has 0 fully saturated rings. The minimum atomic E-state index is -4.60. The van der Waals surface area contributed by atoms with Gasteiger partial charge in [0.2, 0.25) is 0 Å². The topological polar surface area (TPSA) is 61.1 Å². The van der Waals surface area contributed by atoms with Gasteiger partial charge in [0.1, 0.15) is 4.75 Å². The maximum Gasteiger partial charge on any atom is 0.417 e. The molecule has 0 amide bonds. The van der Waals surface area contributed by atoms with Gasteiger partial charge in [-0.3, -0.25) is 4.79 Å². The van der Waals surface area contributed by atoms with Crippen LogP contribution in [0.15, 0.2) is 23.1 Å². The lowest BCUT2D eigenvalue weighted by Gasteiger charge is -2.19. The summed E-state index contributed by atoms with van der Waals surface area (Å²) in [7, 11) is 0. The second-order valence-corrected chi connectivity index (χ2v) is 5.93. The van der Waals surface area contributed by atoms with Crippen molar-refractivity contribution in [2.45, 2.75) is 29.7 Å². The standard InChI is InChI=1S/C12H10F3NO2S/c1-11(2,10(17)18)19-8-3-4-9(12(13,14)15)7(5-8)6-16/h3-5H,1-2H3,(H,17,18). The number of benzene rings is 1. The summed E-state index contributed by atoms with van der Waals surface area (Å²) in [5.74, 6) is -1.09. The van der Waals surface area contributed by atoms with Gasteiger partial charge >= 0.3 is 12.1 Å². The molecule has 0 aliphatic carbocycles. The van der Waals surface area contributed by atoms with Crippen molar-refractivity contribution in [3.05, 3.63) is 29.3 Å². The van der Waals surface area contributed by atoms with E-state index in [1.54, 1.807) is 0 Å². The van der Waals surface area contributed by atoms with Crippen LogP contribution in [0.25, 0.3) is 0 Å². The van der Waals surface area contributed by atoms with Crippen molar-refractivity contribution in [2.24, 2.45) is 0 Å². The molecule has 7 heteroatoms. The van der Waals surface area contributed by atoms with Crippen LogP contribution < -0.4 is 0 Å². The maximum absolute atomic E-state index is 12.6. The van der Waals surface area contributed by atoms with E-state index in [1.165, 1.54) is 26.0 Å². The number of rotatable bonds is 3. The van der Waals surface area contributed by atoms with Crippen LogP contribution in [0.3, 0.4) is 0 Å². The molecule has 1 aromatic rings. The van der Waals surface area contributed by atoms with Gasteiger partial charge in [0.05, 0.1) is 17.2 Å². The Bertz CT molecular complexity index is 547. The molecule has 0 heterocycles. The van der Waals surface area contributed by atoms with Crippen molar-refractivity contribution in [3.63, 3.8) is 0 Å². The highest BCUT2D eigenvalue weighted by Gasteiger charge is 2.34. The van der Waals surface area contributed by atoms with Crippen LogP contribution in [-0.2, 0) is 11.0 Å². The third-order valence-electron chi connectivity index (χ3n) is 2.30. The first-order chi connectivity index (χ1) is 8.58. The molecule has 0 aliphatic rings. The van der Waals surface area contributed by atoms with E-state index in [-0.39, 0.29) is 0 Å². The number of nitriles is 1. The van der Waals surface area contributed by atoms with E-state index in [0.717, 1.165) is 23.9 Å². The van der Waals surface area contributed by atoms with Crippen LogP contribution in [0.1, 0.15) is 25.0 Å². The number of thioether (sulfide) groups is 1. The second-order valence-electron chi connectivity index (χ2n) is 4.23. The Morgan fingerprint density at radius 3 is 2.37 bits per heavy atom. The highest BCUT2D eigenvalue weighted by Crippen LogP contribution is 2.37. The van der Waals surface area contributed by atoms with Crippen molar-refractivity contribution >= 4 is 17.7 Å². The van der Waals surface area contributed by atoms with Crippen LogP contribution >= 0.6 is 11.8 Å². The fourth-order valence-corrected chi connectivity index (χ4v) is 2.25. The lowest BCUT2D eigenvalue weighted by atomic mass is 10.1. The molecule has 0 aromatic heterocycles. The van der Waals surface area contributed by atoms with Gasteiger partial charge in [-0.15, -0.1) is 11.8 Å². The van der Waals surface area contributed by atoms with Crippen molar-refractivity contribution in [3.8, 4) is 6.07 Å². The van der Waals surface area contributed by atoms with Gasteiger partial charge in [-0.1, -0.05) is 0 Å². The number of nitrogens with zero attached hydrogens (tertiary/aromatic N) is 1. The number of alkyl halides is 3. The van der Waals surface area contributed by atoms with Crippen molar-refractivity contribution < 1.29 is 23.1 Å². The second kappa shape index (κ2) is 5.13. The molecule has 1 aromatic carbocycles. The average Bonchev–Trinajstić information content (AvgIpc) is 2.26. The minimum absolute atomic E-state index is 0.303. The molecule has 102 valence electrons. The van der Waals surface area contributed by atoms with Crippen LogP contribution in [0.5, 0.6) is 0 Å². The Morgan fingerprint density at radius 2 is 1.95 bits per heavy atom. The first kappa shape index (κ1) is 15.4. The van der Waals surface area contributed by atoms with E-state index in [0.29, 0.717) is 4.90 Å². The maximum atomic E-state index is 12.6. The van der Waals surface area contributed by atoms with Crippen molar-refractivity contribution in [1.29, 1.82) is 5.26 Å². The predicted octanol–water partition coefficient (Wildman–Crippen LogP) is 3.53. The molecule has 0 radical (unpaired) electrons. The summed E-state index contributed by atoms with van der Waals surface area (Å²) in [4.78, 5) is 11.2. The first-order valence-corrected chi connectivity index (χ1v) is 5.93. The fourth-order valence-electron chi connectivity index (χ4n) is 1.26. The third kappa shape index (κ3) is 3.64. The Balaban J connectivity index is 3.16. The molecular formula is C12H10F3NO2S. The largest absolute Gasteiger partial charge is 0.480 e. The molecule has 0 atom stereocenters. The fraction of sp³-hybridized carbons (Fsp3) is 0.333. The smallest absolute Gasteiger partial charge is 0.417 e. The number of hydrogen-bond acceptors (Lipinski definition) is 3. The molecule has 0 unspecified atom stereocenters. The van der Waals surface area contributed by atoms with Gasteiger partial charge in [0.25, 0.3) is 0 Å². The van der Waals surface area contributed by atoms with Crippen LogP contribution in [0.4, 0.5) is 13.2 Å². The summed E-state index contributed by atoms with van der Waals surface area (Å²) < 4.78 is 36.6. The number of carboxylic acid groups (broad SMARTS) is 1. The quantitative estimate of drug-likeness (QED) is 0.865. The van der Waals surface area contributed by atoms with E-state index in [1.807, 2.05) is 0 Å². The molecule has 0 aliphatic heterocycles. The zero-order chi connectivity index (χ0) is 14.8. The van der Waals surface area contributed by atoms with Gasteiger partial charge in [-0.05, 0) is 32.0 Å². The summed E-state index contributed by atoms with van der Waals surface area (Å²) in [5, 5.41) is 17.7. The van der Waals surface area contributed by atoms with Gasteiger partial charge in [0.15, 0.2) is 0 Å². The van der Waals surface area contributed by atoms with Crippen molar-refractivity contribution in [1.82, 2.24) is 0 Å². The Kier molecular flexibility index (Phi) is 4.15. The molecule has 0 bridgehead atoms. The molecule has 19 heavy (non-hydrogen) atoms. The zero-order valence-electron chi connectivity index (χ0n) is 10.1. The van der Waals surface area contributed by atoms with Gasteiger partial charge in [0, 0.05) is 4.90 Å². The highest BCUT2D eigenvalue weighted by atomic mass is 32.2. The highest BCUT2D eigenvalue weighted by molar-refractivity contribution is 8.01. The molecular weight excluding hydrogens is 279 g/mol. The molecule has 1 rings (SSSR count). The Labute approximate surface area is 112 Å². The normalized spacial score (nSPS) is 12.0. The monoisotopic (exact) mass is 289 g/mol. The summed E-state index contributed by atoms with van der Waals surface area (Å²) in [6.07, 6.45) is -4.60. The lowest BCUT2D eigenvalue weighted by Crippen LogP contribution is -2.26. The van der Waals surface area contributed by atoms with Crippen LogP contribution in [0, 0.1) is 11.3 Å². The van der Waals surface area contributed by atoms with E-state index in [9.17, 15) is 18.0 Å². The van der Waals surface area contributed by atoms with E-state index >= 15 is 0 Å². The number of carboxylic acids is 1. The predicted molar refractivity (Wildman–Crippen MR) is 63.7 cm³/mol. The number of aliphatic carboxylic acids is 1. The first-order valence-electron chi connectivity index (χ1n) is 5.11. The SMILES string of the molecule is CC(C)(Sc1ccc(C(F)(F)F)c(C#N)c1)C(=O)O. The Morgan fingerprint density at radius 1 is 1.37 bits per heavy atom. The summed E-state index contributed by atoms with van der Waals surface area (Å²) >= 11 is 0.885. The lowest BCUT2D eigenvalue weighted by molar-refractivity contribution is -0.139.